The Morgan fingerprint density at radius 2 is 1.56 bits per heavy atom. The van der Waals surface area contributed by atoms with Crippen LogP contribution in [0.1, 0.15) is 22.8 Å². The van der Waals surface area contributed by atoms with Gasteiger partial charge in [0.15, 0.2) is 11.5 Å². The largest absolute Gasteiger partial charge is 0.493 e. The van der Waals surface area contributed by atoms with E-state index < -0.39 is 23.8 Å². The van der Waals surface area contributed by atoms with E-state index in [2.05, 4.69) is 26.6 Å². The van der Waals surface area contributed by atoms with Gasteiger partial charge in [0.2, 0.25) is 5.75 Å². The van der Waals surface area contributed by atoms with Gasteiger partial charge in [-0.25, -0.2) is 0 Å². The number of hydrogen-bond acceptors (Lipinski definition) is 6. The van der Waals surface area contributed by atoms with Crippen molar-refractivity contribution in [1.82, 2.24) is 10.6 Å². The molecule has 2 aromatic carbocycles. The lowest BCUT2D eigenvalue weighted by molar-refractivity contribution is -0.140. The molecule has 0 spiro atoms. The number of benzene rings is 2. The summed E-state index contributed by atoms with van der Waals surface area (Å²) in [6.07, 6.45) is 1.44. The van der Waals surface area contributed by atoms with Crippen molar-refractivity contribution < 1.29 is 33.7 Å². The lowest BCUT2D eigenvalue weighted by Gasteiger charge is -2.16. The highest BCUT2D eigenvalue weighted by Gasteiger charge is 2.22. The summed E-state index contributed by atoms with van der Waals surface area (Å²) in [6, 6.07) is 8.70. The van der Waals surface area contributed by atoms with Gasteiger partial charge in [-0.3, -0.25) is 14.4 Å². The number of aliphatic carboxylic acids is 1. The number of halogens is 1. The van der Waals surface area contributed by atoms with Crippen molar-refractivity contribution in [2.24, 2.45) is 0 Å². The second kappa shape index (κ2) is 11.2. The summed E-state index contributed by atoms with van der Waals surface area (Å²) in [6.45, 7) is 1.32. The van der Waals surface area contributed by atoms with Crippen molar-refractivity contribution in [2.45, 2.75) is 13.0 Å². The van der Waals surface area contributed by atoms with Gasteiger partial charge < -0.3 is 30.0 Å². The number of methoxy groups -OCH3 is 3. The molecule has 1 atom stereocenters. The van der Waals surface area contributed by atoms with Crippen LogP contribution in [0.25, 0.3) is 6.08 Å². The van der Waals surface area contributed by atoms with Crippen LogP contribution in [0, 0.1) is 0 Å². The Bertz CT molecular complexity index is 1010. The molecule has 0 aromatic heterocycles. The molecule has 0 aliphatic rings. The summed E-state index contributed by atoms with van der Waals surface area (Å²) in [5.74, 6) is -1.77. The Morgan fingerprint density at radius 3 is 2.03 bits per heavy atom. The quantitative estimate of drug-likeness (QED) is 0.446. The molecule has 2 amide bonds. The normalized spacial score (nSPS) is 11.8. The first kappa shape index (κ1) is 24.7. The number of carboxylic acid groups (broad SMARTS) is 1. The molecule has 0 radical (unpaired) electrons. The highest BCUT2D eigenvalue weighted by Crippen LogP contribution is 2.38. The fraction of sp³-hybridized carbons (Fsp3) is 0.227. The van der Waals surface area contributed by atoms with E-state index in [1.54, 1.807) is 24.3 Å². The average Bonchev–Trinajstić information content (AvgIpc) is 2.78. The lowest BCUT2D eigenvalue weighted by Crippen LogP contribution is -2.42. The molecule has 2 rings (SSSR count). The summed E-state index contributed by atoms with van der Waals surface area (Å²) in [5.41, 5.74) is 0.617. The highest BCUT2D eigenvalue weighted by molar-refractivity contribution is 9.10. The molecule has 170 valence electrons. The molecule has 0 aliphatic heterocycles. The zero-order valence-electron chi connectivity index (χ0n) is 17.9. The SMILES string of the molecule is COc1cc(C(=O)N/C(=C/c2ccc(Br)cc2)C(=O)N[C@H](C)C(=O)O)cc(OC)c1OC. The lowest BCUT2D eigenvalue weighted by atomic mass is 10.1. The van der Waals surface area contributed by atoms with E-state index in [4.69, 9.17) is 19.3 Å². The topological polar surface area (TPSA) is 123 Å². The van der Waals surface area contributed by atoms with Crippen LogP contribution in [0.4, 0.5) is 0 Å². The van der Waals surface area contributed by atoms with Crippen LogP contribution in [0.15, 0.2) is 46.6 Å². The number of carbonyl (C=O) groups excluding carboxylic acids is 2. The van der Waals surface area contributed by atoms with E-state index in [-0.39, 0.29) is 22.8 Å². The van der Waals surface area contributed by atoms with Crippen molar-refractivity contribution in [1.29, 1.82) is 0 Å². The van der Waals surface area contributed by atoms with E-state index in [0.29, 0.717) is 11.3 Å². The van der Waals surface area contributed by atoms with Crippen molar-refractivity contribution in [3.63, 3.8) is 0 Å². The van der Waals surface area contributed by atoms with Gasteiger partial charge >= 0.3 is 5.97 Å². The molecule has 2 aromatic rings. The molecule has 0 fully saturated rings. The van der Waals surface area contributed by atoms with E-state index in [1.807, 2.05) is 0 Å². The van der Waals surface area contributed by atoms with Crippen molar-refractivity contribution in [2.75, 3.05) is 21.3 Å². The average molecular weight is 507 g/mol. The Morgan fingerprint density at radius 1 is 1.00 bits per heavy atom. The number of ether oxygens (including phenoxy) is 3. The molecule has 0 bridgehead atoms. The summed E-state index contributed by atoms with van der Waals surface area (Å²) >= 11 is 3.33. The van der Waals surface area contributed by atoms with Gasteiger partial charge in [0.1, 0.15) is 11.7 Å². The summed E-state index contributed by atoms with van der Waals surface area (Å²) < 4.78 is 16.6. The van der Waals surface area contributed by atoms with E-state index in [0.717, 1.165) is 4.47 Å². The van der Waals surface area contributed by atoms with E-state index >= 15 is 0 Å². The fourth-order valence-electron chi connectivity index (χ4n) is 2.63. The molecule has 3 N–H and O–H groups in total. The Kier molecular flexibility index (Phi) is 8.65. The predicted molar refractivity (Wildman–Crippen MR) is 121 cm³/mol. The van der Waals surface area contributed by atoms with Crippen molar-refractivity contribution >= 4 is 39.8 Å². The van der Waals surface area contributed by atoms with Gasteiger partial charge in [-0.05, 0) is 42.8 Å². The third kappa shape index (κ3) is 6.24. The Labute approximate surface area is 193 Å². The first-order valence-corrected chi connectivity index (χ1v) is 10.1. The Hall–Kier alpha value is -3.53. The van der Waals surface area contributed by atoms with Crippen molar-refractivity contribution in [3.8, 4) is 17.2 Å². The molecule has 9 nitrogen and oxygen atoms in total. The summed E-state index contributed by atoms with van der Waals surface area (Å²) in [7, 11) is 4.27. The van der Waals surface area contributed by atoms with Gasteiger partial charge in [0.05, 0.1) is 21.3 Å². The third-order valence-electron chi connectivity index (χ3n) is 4.32. The zero-order valence-corrected chi connectivity index (χ0v) is 19.5. The van der Waals surface area contributed by atoms with Crippen LogP contribution in [-0.2, 0) is 9.59 Å². The smallest absolute Gasteiger partial charge is 0.325 e. The molecule has 0 aliphatic carbocycles. The molecule has 0 unspecified atom stereocenters. The maximum Gasteiger partial charge on any atom is 0.325 e. The molecular weight excluding hydrogens is 484 g/mol. The zero-order chi connectivity index (χ0) is 23.8. The van der Waals surface area contributed by atoms with Gasteiger partial charge in [0, 0.05) is 10.0 Å². The second-order valence-corrected chi connectivity index (χ2v) is 7.43. The minimum atomic E-state index is -1.21. The minimum Gasteiger partial charge on any atom is -0.493 e. The van der Waals surface area contributed by atoms with Gasteiger partial charge in [-0.1, -0.05) is 28.1 Å². The van der Waals surface area contributed by atoms with Crippen LogP contribution >= 0.6 is 15.9 Å². The van der Waals surface area contributed by atoms with Crippen LogP contribution < -0.4 is 24.8 Å². The first-order chi connectivity index (χ1) is 15.2. The highest BCUT2D eigenvalue weighted by atomic mass is 79.9. The summed E-state index contributed by atoms with van der Waals surface area (Å²) in [5, 5.41) is 14.0. The molecular formula is C22H23BrN2O7. The molecule has 0 heterocycles. The molecule has 0 saturated carbocycles. The second-order valence-electron chi connectivity index (χ2n) is 6.51. The fourth-order valence-corrected chi connectivity index (χ4v) is 2.89. The van der Waals surface area contributed by atoms with E-state index in [1.165, 1.54) is 46.5 Å². The maximum atomic E-state index is 13.0. The number of hydrogen-bond donors (Lipinski definition) is 3. The number of rotatable bonds is 9. The summed E-state index contributed by atoms with van der Waals surface area (Å²) in [4.78, 5) is 36.8. The molecule has 10 heteroatoms. The van der Waals surface area contributed by atoms with Crippen LogP contribution in [0.3, 0.4) is 0 Å². The number of carbonyl (C=O) groups is 3. The maximum absolute atomic E-state index is 13.0. The predicted octanol–water partition coefficient (Wildman–Crippen LogP) is 2.84. The third-order valence-corrected chi connectivity index (χ3v) is 4.85. The van der Waals surface area contributed by atoms with Gasteiger partial charge in [-0.15, -0.1) is 0 Å². The number of nitrogens with one attached hydrogen (secondary N) is 2. The number of carboxylic acids is 1. The van der Waals surface area contributed by atoms with Crippen LogP contribution in [0.2, 0.25) is 0 Å². The standard InChI is InChI=1S/C22H23BrN2O7/c1-12(22(28)29)24-21(27)16(9-13-5-7-15(23)8-6-13)25-20(26)14-10-17(30-2)19(32-4)18(11-14)31-3/h5-12H,1-4H3,(H,24,27)(H,25,26)(H,28,29)/b16-9+/t12-/m1/s1. The minimum absolute atomic E-state index is 0.139. The van der Waals surface area contributed by atoms with Gasteiger partial charge in [-0.2, -0.15) is 0 Å². The first-order valence-electron chi connectivity index (χ1n) is 9.32. The molecule has 32 heavy (non-hydrogen) atoms. The monoisotopic (exact) mass is 506 g/mol. The van der Waals surface area contributed by atoms with Crippen LogP contribution in [-0.4, -0.2) is 50.3 Å². The van der Waals surface area contributed by atoms with Crippen molar-refractivity contribution in [3.05, 3.63) is 57.7 Å². The van der Waals surface area contributed by atoms with Gasteiger partial charge in [0.25, 0.3) is 11.8 Å². The number of amides is 2. The molecule has 0 saturated heterocycles. The van der Waals surface area contributed by atoms with E-state index in [9.17, 15) is 14.4 Å². The van der Waals surface area contributed by atoms with Crippen LogP contribution in [0.5, 0.6) is 17.2 Å². The Balaban J connectivity index is 2.42.